The van der Waals surface area contributed by atoms with E-state index in [9.17, 15) is 19.2 Å². The molecule has 48 heavy (non-hydrogen) atoms. The summed E-state index contributed by atoms with van der Waals surface area (Å²) in [6.07, 6.45) is 5.83. The molecule has 4 amide bonds. The van der Waals surface area contributed by atoms with E-state index in [0.717, 1.165) is 72.0 Å². The Balaban J connectivity index is 0.934. The second kappa shape index (κ2) is 13.2. The number of halogens is 1. The lowest BCUT2D eigenvalue weighted by Crippen LogP contribution is -2.57. The average molecular weight is 718 g/mol. The third-order valence-electron chi connectivity index (χ3n) is 9.78. The third-order valence-corrected chi connectivity index (χ3v) is 10.2. The summed E-state index contributed by atoms with van der Waals surface area (Å²) in [5, 5.41) is 5.53. The van der Waals surface area contributed by atoms with Crippen LogP contribution in [0.15, 0.2) is 53.3 Å². The summed E-state index contributed by atoms with van der Waals surface area (Å²) in [5.41, 5.74) is 3.34. The number of pyridine rings is 2. The lowest BCUT2D eigenvalue weighted by atomic mass is 9.99. The van der Waals surface area contributed by atoms with Crippen LogP contribution in [0.5, 0.6) is 5.88 Å². The van der Waals surface area contributed by atoms with Crippen LogP contribution in [0, 0.1) is 0 Å². The Kier molecular flexibility index (Phi) is 8.77. The van der Waals surface area contributed by atoms with Gasteiger partial charge in [0.05, 0.1) is 30.1 Å². The van der Waals surface area contributed by atoms with Gasteiger partial charge >= 0.3 is 0 Å². The smallest absolute Gasteiger partial charge is 0.262 e. The molecule has 250 valence electrons. The van der Waals surface area contributed by atoms with Gasteiger partial charge in [0, 0.05) is 67.6 Å². The standard InChI is InChI=1S/C34H37BrN8O5/c1-20-19-41(13-14-42(20)24-4-7-29(36-18-24)38-27-15-21(35)17-37-32(27)48-2)22-9-11-40(12-10-22)23-3-5-25-26(16-23)34(47)43(33(25)46)28-6-8-30(44)39-31(28)45/h3-5,7,15-18,20,22,28H,6,8-14,19H2,1-2H3,(H,36,38)(H,39,44,45)/t20-,28?/m0/s1. The number of benzene rings is 1. The van der Waals surface area contributed by atoms with Gasteiger partial charge in [0.1, 0.15) is 17.5 Å². The van der Waals surface area contributed by atoms with E-state index in [2.05, 4.69) is 64.2 Å². The van der Waals surface area contributed by atoms with Crippen molar-refractivity contribution in [2.45, 2.75) is 50.7 Å². The van der Waals surface area contributed by atoms with Crippen molar-refractivity contribution in [3.63, 3.8) is 0 Å². The molecule has 4 aliphatic heterocycles. The number of nitrogens with one attached hydrogen (secondary N) is 2. The molecule has 3 fully saturated rings. The molecule has 14 heteroatoms. The fourth-order valence-electron chi connectivity index (χ4n) is 7.29. The van der Waals surface area contributed by atoms with Crippen molar-refractivity contribution in [2.24, 2.45) is 0 Å². The maximum Gasteiger partial charge on any atom is 0.262 e. The van der Waals surface area contributed by atoms with Gasteiger partial charge in [0.25, 0.3) is 11.8 Å². The van der Waals surface area contributed by atoms with E-state index in [-0.39, 0.29) is 18.7 Å². The highest BCUT2D eigenvalue weighted by molar-refractivity contribution is 9.10. The molecule has 4 aliphatic rings. The number of amides is 4. The maximum atomic E-state index is 13.3. The van der Waals surface area contributed by atoms with Gasteiger partial charge in [-0.05, 0) is 78.5 Å². The number of carbonyl (C=O) groups excluding carboxylic acids is 4. The third kappa shape index (κ3) is 6.10. The minimum Gasteiger partial charge on any atom is -0.480 e. The number of hydrogen-bond donors (Lipinski definition) is 2. The van der Waals surface area contributed by atoms with Crippen LogP contribution in [0.2, 0.25) is 0 Å². The van der Waals surface area contributed by atoms with E-state index in [4.69, 9.17) is 4.74 Å². The number of carbonyl (C=O) groups is 4. The van der Waals surface area contributed by atoms with E-state index in [1.54, 1.807) is 25.4 Å². The number of fused-ring (bicyclic) bond motifs is 1. The fraction of sp³-hybridized carbons (Fsp3) is 0.412. The largest absolute Gasteiger partial charge is 0.480 e. The first-order chi connectivity index (χ1) is 23.2. The normalized spacial score (nSPS) is 22.2. The lowest BCUT2D eigenvalue weighted by molar-refractivity contribution is -0.136. The van der Waals surface area contributed by atoms with Crippen molar-refractivity contribution in [3.8, 4) is 5.88 Å². The molecule has 6 heterocycles. The molecule has 1 aromatic carbocycles. The molecule has 2 N–H and O–H groups in total. The van der Waals surface area contributed by atoms with Crippen molar-refractivity contribution in [1.29, 1.82) is 0 Å². The molecule has 0 spiro atoms. The van der Waals surface area contributed by atoms with Gasteiger partial charge in [-0.15, -0.1) is 0 Å². The zero-order valence-electron chi connectivity index (χ0n) is 26.8. The molecule has 3 aromatic rings. The second-order valence-corrected chi connectivity index (χ2v) is 13.6. The van der Waals surface area contributed by atoms with E-state index in [0.29, 0.717) is 34.9 Å². The van der Waals surface area contributed by atoms with Crippen LogP contribution in [0.1, 0.15) is 53.3 Å². The van der Waals surface area contributed by atoms with Gasteiger partial charge in [-0.2, -0.15) is 0 Å². The Hall–Kier alpha value is -4.56. The second-order valence-electron chi connectivity index (χ2n) is 12.7. The predicted octanol–water partition coefficient (Wildman–Crippen LogP) is 3.57. The van der Waals surface area contributed by atoms with Crippen LogP contribution in [0.3, 0.4) is 0 Å². The number of piperazine rings is 1. The Morgan fingerprint density at radius 3 is 2.38 bits per heavy atom. The van der Waals surface area contributed by atoms with Crippen molar-refractivity contribution >= 4 is 62.4 Å². The molecular formula is C34H37BrN8O5. The highest BCUT2D eigenvalue weighted by Crippen LogP contribution is 2.33. The van der Waals surface area contributed by atoms with Crippen molar-refractivity contribution in [3.05, 3.63) is 64.4 Å². The number of methoxy groups -OCH3 is 1. The molecule has 2 aromatic heterocycles. The molecule has 13 nitrogen and oxygen atoms in total. The number of aromatic nitrogens is 2. The Morgan fingerprint density at radius 1 is 0.896 bits per heavy atom. The summed E-state index contributed by atoms with van der Waals surface area (Å²) in [7, 11) is 1.59. The first-order valence-electron chi connectivity index (χ1n) is 16.2. The first-order valence-corrected chi connectivity index (χ1v) is 17.0. The summed E-state index contributed by atoms with van der Waals surface area (Å²) >= 11 is 3.45. The van der Waals surface area contributed by atoms with Crippen molar-refractivity contribution in [2.75, 3.05) is 55.0 Å². The van der Waals surface area contributed by atoms with Gasteiger partial charge in [-0.3, -0.25) is 34.3 Å². The molecule has 0 radical (unpaired) electrons. The zero-order chi connectivity index (χ0) is 33.5. The number of rotatable bonds is 7. The highest BCUT2D eigenvalue weighted by atomic mass is 79.9. The number of nitrogens with zero attached hydrogens (tertiary/aromatic N) is 6. The average Bonchev–Trinajstić information content (AvgIpc) is 3.33. The van der Waals surface area contributed by atoms with Gasteiger partial charge in [-0.1, -0.05) is 0 Å². The van der Waals surface area contributed by atoms with E-state index >= 15 is 0 Å². The SMILES string of the molecule is COc1ncc(Br)cc1Nc1ccc(N2CCN(C3CCN(c4ccc5c(c4)C(=O)N(C4CCC(=O)NC4=O)C5=O)CC3)C[C@@H]2C)cn1. The molecule has 2 atom stereocenters. The monoisotopic (exact) mass is 716 g/mol. The summed E-state index contributed by atoms with van der Waals surface area (Å²) < 4.78 is 6.21. The van der Waals surface area contributed by atoms with Crippen LogP contribution in [-0.2, 0) is 9.59 Å². The minimum atomic E-state index is -0.963. The van der Waals surface area contributed by atoms with E-state index in [1.807, 2.05) is 24.4 Å². The van der Waals surface area contributed by atoms with Crippen molar-refractivity contribution in [1.82, 2.24) is 25.1 Å². The molecule has 7 rings (SSSR count). The minimum absolute atomic E-state index is 0.0994. The Morgan fingerprint density at radius 2 is 1.67 bits per heavy atom. The molecule has 0 saturated carbocycles. The topological polar surface area (TPSA) is 140 Å². The van der Waals surface area contributed by atoms with E-state index < -0.39 is 23.8 Å². The first kappa shape index (κ1) is 32.0. The van der Waals surface area contributed by atoms with Gasteiger partial charge in [0.2, 0.25) is 17.7 Å². The molecule has 0 aliphatic carbocycles. The number of anilines is 4. The summed E-state index contributed by atoms with van der Waals surface area (Å²) in [6.45, 7) is 6.76. The Bertz CT molecular complexity index is 1760. The van der Waals surface area contributed by atoms with Gasteiger partial charge in [0.15, 0.2) is 0 Å². The lowest BCUT2D eigenvalue weighted by Gasteiger charge is -2.46. The number of imide groups is 2. The Labute approximate surface area is 286 Å². The summed E-state index contributed by atoms with van der Waals surface area (Å²) in [6, 6.07) is 11.1. The number of hydrogen-bond acceptors (Lipinski definition) is 11. The van der Waals surface area contributed by atoms with Crippen molar-refractivity contribution < 1.29 is 23.9 Å². The van der Waals surface area contributed by atoms with Gasteiger partial charge < -0.3 is 19.9 Å². The van der Waals surface area contributed by atoms with Crippen LogP contribution in [0.4, 0.5) is 22.9 Å². The zero-order valence-corrected chi connectivity index (χ0v) is 28.4. The van der Waals surface area contributed by atoms with Crippen LogP contribution < -0.4 is 25.2 Å². The molecule has 1 unspecified atom stereocenters. The highest BCUT2D eigenvalue weighted by Gasteiger charge is 2.45. The van der Waals surface area contributed by atoms with Crippen LogP contribution in [0.25, 0.3) is 0 Å². The summed E-state index contributed by atoms with van der Waals surface area (Å²) in [4.78, 5) is 67.6. The maximum absolute atomic E-state index is 13.3. The van der Waals surface area contributed by atoms with Crippen LogP contribution >= 0.6 is 15.9 Å². The molecule has 0 bridgehead atoms. The predicted molar refractivity (Wildman–Crippen MR) is 183 cm³/mol. The summed E-state index contributed by atoms with van der Waals surface area (Å²) in [5.74, 6) is -0.736. The van der Waals surface area contributed by atoms with E-state index in [1.165, 1.54) is 0 Å². The quantitative estimate of drug-likeness (QED) is 0.347. The number of piperidine rings is 2. The fourth-order valence-corrected chi connectivity index (χ4v) is 7.62. The number of ether oxygens (including phenoxy) is 1. The van der Waals surface area contributed by atoms with Gasteiger partial charge in [-0.25, -0.2) is 9.97 Å². The molecular weight excluding hydrogens is 680 g/mol. The van der Waals surface area contributed by atoms with Crippen LogP contribution in [-0.4, -0.2) is 101 Å². The molecule has 3 saturated heterocycles.